The van der Waals surface area contributed by atoms with Crippen molar-refractivity contribution in [2.45, 2.75) is 19.6 Å². The lowest BCUT2D eigenvalue weighted by molar-refractivity contribution is -0.140. The fourth-order valence-electron chi connectivity index (χ4n) is 3.83. The Hall–Kier alpha value is -3.62. The third-order valence-electron chi connectivity index (χ3n) is 5.46. The lowest BCUT2D eigenvalue weighted by Gasteiger charge is -2.23. The summed E-state index contributed by atoms with van der Waals surface area (Å²) in [5, 5.41) is 1.90. The second kappa shape index (κ2) is 9.32. The van der Waals surface area contributed by atoms with Gasteiger partial charge in [-0.15, -0.1) is 11.3 Å². The van der Waals surface area contributed by atoms with Gasteiger partial charge in [0, 0.05) is 10.4 Å². The third kappa shape index (κ3) is 4.18. The van der Waals surface area contributed by atoms with Crippen molar-refractivity contribution >= 4 is 34.7 Å². The molecule has 170 valence electrons. The molecule has 3 heterocycles. The van der Waals surface area contributed by atoms with Gasteiger partial charge in [0.15, 0.2) is 4.80 Å². The summed E-state index contributed by atoms with van der Waals surface area (Å²) in [6, 6.07) is 18.8. The summed E-state index contributed by atoms with van der Waals surface area (Å²) in [7, 11) is 0. The van der Waals surface area contributed by atoms with E-state index >= 15 is 0 Å². The maximum atomic E-state index is 14.2. The number of nitrogens with zero attached hydrogens (tertiary/aromatic N) is 2. The van der Waals surface area contributed by atoms with Crippen molar-refractivity contribution in [1.29, 1.82) is 0 Å². The van der Waals surface area contributed by atoms with Gasteiger partial charge in [0.1, 0.15) is 18.5 Å². The zero-order valence-corrected chi connectivity index (χ0v) is 19.7. The van der Waals surface area contributed by atoms with Crippen LogP contribution in [0, 0.1) is 5.82 Å². The number of carbonyl (C=O) groups is 1. The Morgan fingerprint density at radius 1 is 1.12 bits per heavy atom. The number of thiophene rings is 1. The molecule has 1 atom stereocenters. The van der Waals surface area contributed by atoms with Crippen molar-refractivity contribution in [3.63, 3.8) is 0 Å². The van der Waals surface area contributed by atoms with Crippen molar-refractivity contribution in [2.24, 2.45) is 4.99 Å². The molecule has 4 aromatic rings. The predicted octanol–water partition coefficient (Wildman–Crippen LogP) is 4.18. The molecule has 8 heteroatoms. The van der Waals surface area contributed by atoms with Gasteiger partial charge < -0.3 is 4.74 Å². The molecular formula is C26H19FN2O3S2. The zero-order chi connectivity index (χ0) is 23.7. The monoisotopic (exact) mass is 490 g/mol. The first kappa shape index (κ1) is 22.2. The molecule has 0 radical (unpaired) electrons. The summed E-state index contributed by atoms with van der Waals surface area (Å²) in [6.45, 7) is 1.86. The second-order valence-electron chi connectivity index (χ2n) is 7.68. The summed E-state index contributed by atoms with van der Waals surface area (Å²) >= 11 is 2.62. The second-order valence-corrected chi connectivity index (χ2v) is 9.67. The van der Waals surface area contributed by atoms with E-state index in [2.05, 4.69) is 4.99 Å². The van der Waals surface area contributed by atoms with Crippen LogP contribution in [0.2, 0.25) is 0 Å². The van der Waals surface area contributed by atoms with Crippen LogP contribution in [0.1, 0.15) is 29.0 Å². The quantitative estimate of drug-likeness (QED) is 0.395. The van der Waals surface area contributed by atoms with Gasteiger partial charge in [-0.1, -0.05) is 65.9 Å². The van der Waals surface area contributed by atoms with Gasteiger partial charge >= 0.3 is 5.97 Å². The van der Waals surface area contributed by atoms with E-state index in [1.165, 1.54) is 39.4 Å². The number of ether oxygens (including phenoxy) is 1. The number of rotatable bonds is 5. The summed E-state index contributed by atoms with van der Waals surface area (Å²) in [5.41, 5.74) is 1.67. The Kier molecular flexibility index (Phi) is 6.08. The van der Waals surface area contributed by atoms with Gasteiger partial charge in [-0.25, -0.2) is 14.2 Å². The topological polar surface area (TPSA) is 60.7 Å². The molecule has 0 saturated carbocycles. The Labute approximate surface area is 202 Å². The van der Waals surface area contributed by atoms with E-state index in [0.29, 0.717) is 26.2 Å². The van der Waals surface area contributed by atoms with Crippen LogP contribution < -0.4 is 14.9 Å². The highest BCUT2D eigenvalue weighted by Crippen LogP contribution is 2.33. The minimum Gasteiger partial charge on any atom is -0.457 e. The molecule has 0 aliphatic carbocycles. The van der Waals surface area contributed by atoms with E-state index in [0.717, 1.165) is 10.4 Å². The van der Waals surface area contributed by atoms with Gasteiger partial charge in [0.2, 0.25) is 0 Å². The average Bonchev–Trinajstić information content (AvgIpc) is 3.47. The number of hydrogen-bond acceptors (Lipinski definition) is 6. The number of benzene rings is 2. The van der Waals surface area contributed by atoms with E-state index in [1.54, 1.807) is 25.1 Å². The van der Waals surface area contributed by atoms with Crippen molar-refractivity contribution in [3.8, 4) is 0 Å². The normalized spacial score (nSPS) is 15.7. The summed E-state index contributed by atoms with van der Waals surface area (Å²) in [4.78, 5) is 32.6. The maximum Gasteiger partial charge on any atom is 0.338 e. The van der Waals surface area contributed by atoms with E-state index < -0.39 is 17.8 Å². The van der Waals surface area contributed by atoms with Crippen LogP contribution in [0.15, 0.2) is 93.2 Å². The molecule has 0 bridgehead atoms. The van der Waals surface area contributed by atoms with Crippen molar-refractivity contribution in [1.82, 2.24) is 4.57 Å². The molecule has 2 aromatic heterocycles. The number of aromatic nitrogens is 1. The number of allylic oxidation sites excluding steroid dienone is 1. The fourth-order valence-corrected chi connectivity index (χ4v) is 5.69. The lowest BCUT2D eigenvalue weighted by Crippen LogP contribution is -2.39. The molecular weight excluding hydrogens is 471 g/mol. The van der Waals surface area contributed by atoms with E-state index in [4.69, 9.17) is 4.74 Å². The molecule has 1 aliphatic heterocycles. The first-order valence-electron chi connectivity index (χ1n) is 10.5. The summed E-state index contributed by atoms with van der Waals surface area (Å²) in [6.07, 6.45) is 1.53. The predicted molar refractivity (Wildman–Crippen MR) is 131 cm³/mol. The molecule has 5 nitrogen and oxygen atoms in total. The molecule has 0 fully saturated rings. The van der Waals surface area contributed by atoms with Gasteiger partial charge in [-0.05, 0) is 36.1 Å². The van der Waals surface area contributed by atoms with Crippen molar-refractivity contribution in [3.05, 3.63) is 125 Å². The van der Waals surface area contributed by atoms with Crippen LogP contribution in [-0.4, -0.2) is 10.5 Å². The molecule has 5 rings (SSSR count). The minimum absolute atomic E-state index is 0.116. The van der Waals surface area contributed by atoms with Crippen molar-refractivity contribution in [2.75, 3.05) is 0 Å². The average molecular weight is 491 g/mol. The molecule has 1 aliphatic rings. The molecule has 1 unspecified atom stereocenters. The molecule has 0 saturated heterocycles. The highest BCUT2D eigenvalue weighted by atomic mass is 32.1. The van der Waals surface area contributed by atoms with Crippen LogP contribution in [0.25, 0.3) is 6.08 Å². The van der Waals surface area contributed by atoms with Crippen LogP contribution in [0.4, 0.5) is 4.39 Å². The van der Waals surface area contributed by atoms with Gasteiger partial charge in [0.05, 0.1) is 15.8 Å². The van der Waals surface area contributed by atoms with E-state index in [-0.39, 0.29) is 12.2 Å². The first-order valence-corrected chi connectivity index (χ1v) is 12.2. The molecule has 0 N–H and O–H groups in total. The molecule has 2 aromatic carbocycles. The Bertz CT molecular complexity index is 1570. The lowest BCUT2D eigenvalue weighted by atomic mass is 10.0. The summed E-state index contributed by atoms with van der Waals surface area (Å²) < 4.78 is 21.7. The Morgan fingerprint density at radius 2 is 1.88 bits per heavy atom. The minimum atomic E-state index is -0.665. The number of halogens is 1. The Morgan fingerprint density at radius 3 is 2.62 bits per heavy atom. The SMILES string of the molecule is CC1=C(C(=O)OCc2ccccc2)C(c2cccs2)n2c(s/c(=C/c3ccccc3F)c2=O)=N1. The van der Waals surface area contributed by atoms with E-state index in [9.17, 15) is 14.0 Å². The number of thiazole rings is 1. The molecule has 0 spiro atoms. The maximum absolute atomic E-state index is 14.2. The van der Waals surface area contributed by atoms with Gasteiger partial charge in [-0.2, -0.15) is 0 Å². The Balaban J connectivity index is 1.60. The smallest absolute Gasteiger partial charge is 0.338 e. The summed E-state index contributed by atoms with van der Waals surface area (Å²) in [5.74, 6) is -0.934. The third-order valence-corrected chi connectivity index (χ3v) is 7.37. The zero-order valence-electron chi connectivity index (χ0n) is 18.1. The van der Waals surface area contributed by atoms with Crippen LogP contribution in [0.5, 0.6) is 0 Å². The van der Waals surface area contributed by atoms with Crippen molar-refractivity contribution < 1.29 is 13.9 Å². The van der Waals surface area contributed by atoms with Gasteiger partial charge in [0.25, 0.3) is 5.56 Å². The van der Waals surface area contributed by atoms with Crippen LogP contribution in [0.3, 0.4) is 0 Å². The van der Waals surface area contributed by atoms with Crippen LogP contribution >= 0.6 is 22.7 Å². The first-order chi connectivity index (χ1) is 16.5. The number of esters is 1. The molecule has 0 amide bonds. The highest BCUT2D eigenvalue weighted by molar-refractivity contribution is 7.10. The molecule has 34 heavy (non-hydrogen) atoms. The van der Waals surface area contributed by atoms with Crippen LogP contribution in [-0.2, 0) is 16.1 Å². The van der Waals surface area contributed by atoms with E-state index in [1.807, 2.05) is 47.8 Å². The number of fused-ring (bicyclic) bond motifs is 1. The number of carbonyl (C=O) groups excluding carboxylic acids is 1. The largest absolute Gasteiger partial charge is 0.457 e. The van der Waals surface area contributed by atoms with Gasteiger partial charge in [-0.3, -0.25) is 9.36 Å². The fraction of sp³-hybridized carbons (Fsp3) is 0.115. The standard InChI is InChI=1S/C26H19FN2O3S2/c1-16-22(25(31)32-15-17-8-3-2-4-9-17)23(20-12-7-13-33-20)29-24(30)21(34-26(29)28-16)14-18-10-5-6-11-19(18)27/h2-14,23H,15H2,1H3/b21-14+. The highest BCUT2D eigenvalue weighted by Gasteiger charge is 2.34. The number of hydrogen-bond donors (Lipinski definition) is 0.